The Morgan fingerprint density at radius 3 is 2.08 bits per heavy atom. The lowest BCUT2D eigenvalue weighted by atomic mass is 10.1. The zero-order valence-corrected chi connectivity index (χ0v) is 14.1. The molecule has 3 aromatic carbocycles. The Kier molecular flexibility index (Phi) is 5.84. The maximum absolute atomic E-state index is 6.15. The van der Waals surface area contributed by atoms with Crippen LogP contribution in [0.2, 0.25) is 5.02 Å². The van der Waals surface area contributed by atoms with Gasteiger partial charge >= 0.3 is 0 Å². The Morgan fingerprint density at radius 2 is 1.42 bits per heavy atom. The third-order valence-electron chi connectivity index (χ3n) is 3.73. The summed E-state index contributed by atoms with van der Waals surface area (Å²) >= 11 is 5.94. The number of benzene rings is 3. The van der Waals surface area contributed by atoms with Gasteiger partial charge in [-0.05, 0) is 28.8 Å². The zero-order chi connectivity index (χ0) is 16.6. The van der Waals surface area contributed by atoms with Crippen molar-refractivity contribution in [1.29, 1.82) is 0 Å². The second-order valence-electron chi connectivity index (χ2n) is 5.54. The molecule has 0 unspecified atom stereocenters. The normalized spacial score (nSPS) is 12.4. The van der Waals surface area contributed by atoms with Crippen molar-refractivity contribution in [2.45, 2.75) is 12.7 Å². The minimum atomic E-state index is -0.0953. The van der Waals surface area contributed by atoms with Crippen molar-refractivity contribution >= 4 is 17.7 Å². The molecule has 0 spiro atoms. The maximum Gasteiger partial charge on any atom is 0.101 e. The van der Waals surface area contributed by atoms with Crippen LogP contribution in [-0.4, -0.2) is 0 Å². The Hall–Kier alpha value is -2.35. The van der Waals surface area contributed by atoms with E-state index in [1.165, 1.54) is 0 Å². The van der Waals surface area contributed by atoms with Crippen LogP contribution < -0.4 is 0 Å². The molecule has 0 radical (unpaired) electrons. The van der Waals surface area contributed by atoms with Gasteiger partial charge in [-0.25, -0.2) is 0 Å². The first-order valence-electron chi connectivity index (χ1n) is 7.95. The lowest BCUT2D eigenvalue weighted by Crippen LogP contribution is -2.02. The van der Waals surface area contributed by atoms with Gasteiger partial charge in [0.25, 0.3) is 0 Å². The van der Waals surface area contributed by atoms with Crippen LogP contribution in [0.5, 0.6) is 0 Å². The van der Waals surface area contributed by atoms with E-state index < -0.39 is 0 Å². The molecule has 0 amide bonds. The summed E-state index contributed by atoms with van der Waals surface area (Å²) in [7, 11) is 0. The van der Waals surface area contributed by atoms with E-state index in [-0.39, 0.29) is 6.10 Å². The number of hydrogen-bond donors (Lipinski definition) is 0. The van der Waals surface area contributed by atoms with Gasteiger partial charge in [-0.15, -0.1) is 0 Å². The average Bonchev–Trinajstić information content (AvgIpc) is 2.65. The standard InChI is InChI=1S/C22H19ClO/c23-21-14-11-19(12-15-21)17-24-22(20-9-5-2-6-10-20)16-13-18-7-3-1-4-8-18/h1-16,22H,17H2/b16-13+/t22-/m1/s1. The monoisotopic (exact) mass is 334 g/mol. The van der Waals surface area contributed by atoms with Crippen molar-refractivity contribution in [2.24, 2.45) is 0 Å². The van der Waals surface area contributed by atoms with E-state index in [0.29, 0.717) is 6.61 Å². The van der Waals surface area contributed by atoms with Crippen molar-refractivity contribution in [1.82, 2.24) is 0 Å². The van der Waals surface area contributed by atoms with Gasteiger partial charge in [0.15, 0.2) is 0 Å². The molecule has 0 aliphatic rings. The molecular weight excluding hydrogens is 316 g/mol. The van der Waals surface area contributed by atoms with Crippen LogP contribution in [0, 0.1) is 0 Å². The zero-order valence-electron chi connectivity index (χ0n) is 13.3. The SMILES string of the molecule is Clc1ccc(CO[C@H](/C=C/c2ccccc2)c2ccccc2)cc1. The van der Waals surface area contributed by atoms with Gasteiger partial charge < -0.3 is 4.74 Å². The molecule has 0 aliphatic heterocycles. The van der Waals surface area contributed by atoms with E-state index in [1.807, 2.05) is 60.7 Å². The highest BCUT2D eigenvalue weighted by Crippen LogP contribution is 2.22. The predicted octanol–water partition coefficient (Wildman–Crippen LogP) is 6.31. The Balaban J connectivity index is 1.75. The number of halogens is 1. The van der Waals surface area contributed by atoms with Crippen molar-refractivity contribution < 1.29 is 4.74 Å². The van der Waals surface area contributed by atoms with Crippen LogP contribution in [0.15, 0.2) is 91.0 Å². The van der Waals surface area contributed by atoms with Crippen molar-refractivity contribution in [3.05, 3.63) is 113 Å². The van der Waals surface area contributed by atoms with Crippen LogP contribution in [0.3, 0.4) is 0 Å². The second-order valence-corrected chi connectivity index (χ2v) is 5.97. The smallest absolute Gasteiger partial charge is 0.101 e. The third kappa shape index (κ3) is 4.82. The van der Waals surface area contributed by atoms with Gasteiger partial charge in [-0.3, -0.25) is 0 Å². The van der Waals surface area contributed by atoms with E-state index in [2.05, 4.69) is 36.4 Å². The van der Waals surface area contributed by atoms with Crippen molar-refractivity contribution in [3.63, 3.8) is 0 Å². The quantitative estimate of drug-likeness (QED) is 0.513. The van der Waals surface area contributed by atoms with Crippen LogP contribution in [-0.2, 0) is 11.3 Å². The summed E-state index contributed by atoms with van der Waals surface area (Å²) in [6.07, 6.45) is 4.10. The summed E-state index contributed by atoms with van der Waals surface area (Å²) in [4.78, 5) is 0. The fraction of sp³-hybridized carbons (Fsp3) is 0.0909. The number of rotatable bonds is 6. The first-order valence-corrected chi connectivity index (χ1v) is 8.33. The fourth-order valence-corrected chi connectivity index (χ4v) is 2.56. The highest BCUT2D eigenvalue weighted by molar-refractivity contribution is 6.30. The first kappa shape index (κ1) is 16.5. The largest absolute Gasteiger partial charge is 0.365 e. The molecule has 3 aromatic rings. The molecule has 0 N–H and O–H groups in total. The number of hydrogen-bond acceptors (Lipinski definition) is 1. The first-order chi connectivity index (χ1) is 11.8. The molecule has 0 saturated carbocycles. The summed E-state index contributed by atoms with van der Waals surface area (Å²) in [5, 5.41) is 0.738. The third-order valence-corrected chi connectivity index (χ3v) is 3.99. The molecule has 1 nitrogen and oxygen atoms in total. The summed E-state index contributed by atoms with van der Waals surface area (Å²) in [5.41, 5.74) is 3.40. The number of ether oxygens (including phenoxy) is 1. The lowest BCUT2D eigenvalue weighted by Gasteiger charge is -2.15. The van der Waals surface area contributed by atoms with Gasteiger partial charge in [0.05, 0.1) is 6.61 Å². The lowest BCUT2D eigenvalue weighted by molar-refractivity contribution is 0.0723. The highest BCUT2D eigenvalue weighted by atomic mass is 35.5. The summed E-state index contributed by atoms with van der Waals surface area (Å²) in [5.74, 6) is 0. The Labute approximate surface area is 148 Å². The molecule has 0 fully saturated rings. The molecule has 0 heterocycles. The van der Waals surface area contributed by atoms with E-state index in [1.54, 1.807) is 0 Å². The summed E-state index contributed by atoms with van der Waals surface area (Å²) in [6, 6.07) is 28.3. The van der Waals surface area contributed by atoms with Crippen LogP contribution in [0.1, 0.15) is 22.8 Å². The van der Waals surface area contributed by atoms with E-state index >= 15 is 0 Å². The van der Waals surface area contributed by atoms with E-state index in [4.69, 9.17) is 16.3 Å². The highest BCUT2D eigenvalue weighted by Gasteiger charge is 2.08. The second kappa shape index (κ2) is 8.49. The van der Waals surface area contributed by atoms with Gasteiger partial charge in [0.2, 0.25) is 0 Å². The van der Waals surface area contributed by atoms with Gasteiger partial charge in [-0.2, -0.15) is 0 Å². The molecule has 0 saturated heterocycles. The maximum atomic E-state index is 6.15. The van der Waals surface area contributed by atoms with E-state index in [0.717, 1.165) is 21.7 Å². The van der Waals surface area contributed by atoms with Crippen molar-refractivity contribution in [2.75, 3.05) is 0 Å². The van der Waals surface area contributed by atoms with Gasteiger partial charge in [0.1, 0.15) is 6.10 Å². The van der Waals surface area contributed by atoms with E-state index in [9.17, 15) is 0 Å². The molecular formula is C22H19ClO. The fourth-order valence-electron chi connectivity index (χ4n) is 2.43. The molecule has 2 heteroatoms. The molecule has 0 bridgehead atoms. The molecule has 0 aliphatic carbocycles. The molecule has 0 aromatic heterocycles. The average molecular weight is 335 g/mol. The summed E-state index contributed by atoms with van der Waals surface area (Å²) in [6.45, 7) is 0.538. The topological polar surface area (TPSA) is 9.23 Å². The molecule has 1 atom stereocenters. The van der Waals surface area contributed by atoms with Crippen LogP contribution >= 0.6 is 11.6 Å². The van der Waals surface area contributed by atoms with Gasteiger partial charge in [0, 0.05) is 5.02 Å². The Morgan fingerprint density at radius 1 is 0.792 bits per heavy atom. The molecule has 120 valence electrons. The van der Waals surface area contributed by atoms with Crippen LogP contribution in [0.4, 0.5) is 0 Å². The Bertz CT molecular complexity index is 764. The predicted molar refractivity (Wildman–Crippen MR) is 101 cm³/mol. The summed E-state index contributed by atoms with van der Waals surface area (Å²) < 4.78 is 6.15. The van der Waals surface area contributed by atoms with Crippen LogP contribution in [0.25, 0.3) is 6.08 Å². The van der Waals surface area contributed by atoms with Gasteiger partial charge in [-0.1, -0.05) is 96.5 Å². The minimum absolute atomic E-state index is 0.0953. The molecule has 24 heavy (non-hydrogen) atoms. The minimum Gasteiger partial charge on any atom is -0.365 e. The molecule has 3 rings (SSSR count). The van der Waals surface area contributed by atoms with Crippen molar-refractivity contribution in [3.8, 4) is 0 Å².